The molecule has 1 saturated heterocycles. The van der Waals surface area contributed by atoms with Crippen LogP contribution >= 0.6 is 11.3 Å². The summed E-state index contributed by atoms with van der Waals surface area (Å²) in [6.07, 6.45) is 9.46. The molecule has 0 aromatic carbocycles. The zero-order chi connectivity index (χ0) is 17.2. The Labute approximate surface area is 148 Å². The van der Waals surface area contributed by atoms with E-state index in [0.29, 0.717) is 10.7 Å². The molecule has 1 fully saturated rings. The number of carbonyl (C=O) groups is 1. The van der Waals surface area contributed by atoms with Crippen molar-refractivity contribution in [3.8, 4) is 0 Å². The van der Waals surface area contributed by atoms with E-state index in [1.165, 1.54) is 17.4 Å². The first kappa shape index (κ1) is 16.0. The number of hydrogen-bond donors (Lipinski definition) is 0. The van der Waals surface area contributed by atoms with Crippen LogP contribution < -0.4 is 5.56 Å². The monoisotopic (exact) mass is 357 g/mol. The summed E-state index contributed by atoms with van der Waals surface area (Å²) >= 11 is 1.36. The summed E-state index contributed by atoms with van der Waals surface area (Å²) in [7, 11) is 0. The van der Waals surface area contributed by atoms with Crippen LogP contribution in [0, 0.1) is 0 Å². The number of carbonyl (C=O) groups excluding carboxylic acids is 1. The summed E-state index contributed by atoms with van der Waals surface area (Å²) in [6.45, 7) is 1.51. The Balaban J connectivity index is 1.59. The zero-order valence-corrected chi connectivity index (χ0v) is 14.6. The van der Waals surface area contributed by atoms with E-state index in [0.717, 1.165) is 38.8 Å². The summed E-state index contributed by atoms with van der Waals surface area (Å²) < 4.78 is 3.61. The van der Waals surface area contributed by atoms with E-state index < -0.39 is 0 Å². The number of aromatic nitrogens is 4. The van der Waals surface area contributed by atoms with Crippen molar-refractivity contribution < 1.29 is 4.79 Å². The number of nitrogens with zero attached hydrogens (tertiary/aromatic N) is 5. The molecule has 1 amide bonds. The lowest BCUT2D eigenvalue weighted by Crippen LogP contribution is -2.45. The van der Waals surface area contributed by atoms with Crippen molar-refractivity contribution in [2.75, 3.05) is 6.54 Å². The van der Waals surface area contributed by atoms with Crippen LogP contribution in [0.4, 0.5) is 0 Å². The lowest BCUT2D eigenvalue weighted by Gasteiger charge is -2.36. The predicted octanol–water partition coefficient (Wildman–Crippen LogP) is 2.04. The third kappa shape index (κ3) is 3.21. The topological polar surface area (TPSA) is 72.5 Å². The molecular formula is C17H19N5O2S. The quantitative estimate of drug-likeness (QED) is 0.716. The zero-order valence-electron chi connectivity index (χ0n) is 13.7. The molecule has 1 aliphatic heterocycles. The smallest absolute Gasteiger partial charge is 0.274 e. The first-order chi connectivity index (χ1) is 12.2. The Bertz CT molecular complexity index is 930. The van der Waals surface area contributed by atoms with Crippen LogP contribution in [0.15, 0.2) is 40.9 Å². The van der Waals surface area contributed by atoms with Crippen molar-refractivity contribution in [3.63, 3.8) is 0 Å². The summed E-state index contributed by atoms with van der Waals surface area (Å²) in [6, 6.07) is 3.42. The average Bonchev–Trinajstić information content (AvgIpc) is 3.30. The fraction of sp³-hybridized carbons (Fsp3) is 0.412. The van der Waals surface area contributed by atoms with Gasteiger partial charge in [0.05, 0.1) is 0 Å². The second-order valence-electron chi connectivity index (χ2n) is 6.24. The molecule has 0 radical (unpaired) electrons. The first-order valence-electron chi connectivity index (χ1n) is 8.48. The molecule has 25 heavy (non-hydrogen) atoms. The molecule has 0 bridgehead atoms. The standard InChI is InChI=1S/C17H19N5O2S/c23-15-12-14(22-10-11-25-17(22)19-15)16(24)21-8-2-1-4-13(21)5-9-20-7-3-6-18-20/h3,6-7,10-13H,1-2,4-5,8-9H2. The number of likely N-dealkylation sites (tertiary alicyclic amines) is 1. The van der Waals surface area contributed by atoms with Gasteiger partial charge in [-0.15, -0.1) is 11.3 Å². The highest BCUT2D eigenvalue weighted by Gasteiger charge is 2.29. The highest BCUT2D eigenvalue weighted by Crippen LogP contribution is 2.23. The van der Waals surface area contributed by atoms with E-state index in [-0.39, 0.29) is 17.5 Å². The molecular weight excluding hydrogens is 338 g/mol. The third-order valence-corrected chi connectivity index (χ3v) is 5.43. The van der Waals surface area contributed by atoms with E-state index in [9.17, 15) is 9.59 Å². The van der Waals surface area contributed by atoms with Crippen LogP contribution in [0.3, 0.4) is 0 Å². The van der Waals surface area contributed by atoms with E-state index in [1.54, 1.807) is 16.8 Å². The lowest BCUT2D eigenvalue weighted by molar-refractivity contribution is 0.0586. The van der Waals surface area contributed by atoms with Gasteiger partial charge in [0.25, 0.3) is 11.5 Å². The summed E-state index contributed by atoms with van der Waals surface area (Å²) in [4.78, 5) is 31.4. The van der Waals surface area contributed by atoms with Crippen LogP contribution in [-0.2, 0) is 6.54 Å². The van der Waals surface area contributed by atoms with Crippen molar-refractivity contribution in [2.45, 2.75) is 38.3 Å². The maximum absolute atomic E-state index is 13.2. The summed E-state index contributed by atoms with van der Waals surface area (Å²) in [5, 5.41) is 6.07. The largest absolute Gasteiger partial charge is 0.334 e. The molecule has 0 saturated carbocycles. The van der Waals surface area contributed by atoms with E-state index in [4.69, 9.17) is 0 Å². The minimum atomic E-state index is -0.365. The van der Waals surface area contributed by atoms with E-state index in [1.807, 2.05) is 27.2 Å². The van der Waals surface area contributed by atoms with Gasteiger partial charge in [0.15, 0.2) is 4.96 Å². The molecule has 3 aromatic rings. The fourth-order valence-electron chi connectivity index (χ4n) is 3.44. The van der Waals surface area contributed by atoms with E-state index in [2.05, 4.69) is 10.1 Å². The number of hydrogen-bond acceptors (Lipinski definition) is 5. The highest BCUT2D eigenvalue weighted by molar-refractivity contribution is 7.15. The molecule has 0 spiro atoms. The van der Waals surface area contributed by atoms with Gasteiger partial charge in [-0.2, -0.15) is 10.1 Å². The average molecular weight is 357 g/mol. The second kappa shape index (κ2) is 6.79. The number of piperidine rings is 1. The van der Waals surface area contributed by atoms with Gasteiger partial charge in [0.1, 0.15) is 5.69 Å². The highest BCUT2D eigenvalue weighted by atomic mass is 32.1. The van der Waals surface area contributed by atoms with Crippen molar-refractivity contribution in [1.29, 1.82) is 0 Å². The normalized spacial score (nSPS) is 17.9. The fourth-order valence-corrected chi connectivity index (χ4v) is 4.16. The maximum Gasteiger partial charge on any atom is 0.274 e. The molecule has 8 heteroatoms. The Morgan fingerprint density at radius 2 is 2.24 bits per heavy atom. The lowest BCUT2D eigenvalue weighted by atomic mass is 9.98. The molecule has 3 aromatic heterocycles. The molecule has 0 aliphatic carbocycles. The minimum Gasteiger partial charge on any atom is -0.334 e. The van der Waals surface area contributed by atoms with Gasteiger partial charge in [-0.3, -0.25) is 18.7 Å². The molecule has 4 rings (SSSR count). The Morgan fingerprint density at radius 3 is 3.08 bits per heavy atom. The van der Waals surface area contributed by atoms with Gasteiger partial charge in [-0.05, 0) is 31.7 Å². The number of amides is 1. The van der Waals surface area contributed by atoms with Crippen LogP contribution in [-0.4, -0.2) is 42.6 Å². The van der Waals surface area contributed by atoms with Gasteiger partial charge >= 0.3 is 0 Å². The third-order valence-electron chi connectivity index (χ3n) is 4.67. The maximum atomic E-state index is 13.2. The van der Waals surface area contributed by atoms with E-state index >= 15 is 0 Å². The minimum absolute atomic E-state index is 0.0851. The van der Waals surface area contributed by atoms with Gasteiger partial charge in [0, 0.05) is 49.2 Å². The van der Waals surface area contributed by atoms with Crippen molar-refractivity contribution in [3.05, 3.63) is 52.2 Å². The molecule has 1 unspecified atom stereocenters. The SMILES string of the molecule is O=C(c1cc(=O)nc2sccn12)N1CCCCC1CCn1cccn1. The molecule has 7 nitrogen and oxygen atoms in total. The molecule has 1 atom stereocenters. The van der Waals surface area contributed by atoms with Gasteiger partial charge in [-0.25, -0.2) is 0 Å². The molecule has 4 heterocycles. The number of aryl methyl sites for hydroxylation is 1. The van der Waals surface area contributed by atoms with Crippen LogP contribution in [0.2, 0.25) is 0 Å². The number of thiazole rings is 1. The molecule has 130 valence electrons. The number of rotatable bonds is 4. The second-order valence-corrected chi connectivity index (χ2v) is 7.11. The van der Waals surface area contributed by atoms with Crippen LogP contribution in [0.5, 0.6) is 0 Å². The summed E-state index contributed by atoms with van der Waals surface area (Å²) in [5.74, 6) is -0.0851. The van der Waals surface area contributed by atoms with Crippen molar-refractivity contribution in [1.82, 2.24) is 24.1 Å². The van der Waals surface area contributed by atoms with Gasteiger partial charge < -0.3 is 4.90 Å². The first-order valence-corrected chi connectivity index (χ1v) is 9.35. The summed E-state index contributed by atoms with van der Waals surface area (Å²) in [5.41, 5.74) is 0.0399. The van der Waals surface area contributed by atoms with Crippen LogP contribution in [0.25, 0.3) is 4.96 Å². The van der Waals surface area contributed by atoms with Crippen LogP contribution in [0.1, 0.15) is 36.2 Å². The molecule has 1 aliphatic rings. The Hall–Kier alpha value is -2.48. The predicted molar refractivity (Wildman–Crippen MR) is 94.9 cm³/mol. The number of fused-ring (bicyclic) bond motifs is 1. The van der Waals surface area contributed by atoms with Gasteiger partial charge in [-0.1, -0.05) is 0 Å². The Morgan fingerprint density at radius 1 is 1.32 bits per heavy atom. The Kier molecular flexibility index (Phi) is 4.35. The van der Waals surface area contributed by atoms with Gasteiger partial charge in [0.2, 0.25) is 0 Å². The van der Waals surface area contributed by atoms with Crippen molar-refractivity contribution in [2.24, 2.45) is 0 Å². The van der Waals surface area contributed by atoms with Crippen molar-refractivity contribution >= 4 is 22.2 Å². The molecule has 0 N–H and O–H groups in total.